The fourth-order valence-electron chi connectivity index (χ4n) is 2.40. The van der Waals surface area contributed by atoms with Gasteiger partial charge in [0.15, 0.2) is 0 Å². The van der Waals surface area contributed by atoms with Gasteiger partial charge in [-0.3, -0.25) is 9.89 Å². The summed E-state index contributed by atoms with van der Waals surface area (Å²) in [6.45, 7) is 0. The molecule has 3 rings (SSSR count). The molecule has 3 aromatic rings. The predicted octanol–water partition coefficient (Wildman–Crippen LogP) is 3.00. The van der Waals surface area contributed by atoms with Crippen LogP contribution in [0.25, 0.3) is 11.3 Å². The molecule has 1 amide bonds. The number of benzene rings is 2. The molecule has 0 fully saturated rings. The first-order chi connectivity index (χ1) is 13.1. The summed E-state index contributed by atoms with van der Waals surface area (Å²) < 4.78 is 23.7. The smallest absolute Gasteiger partial charge is 0.289 e. The summed E-state index contributed by atoms with van der Waals surface area (Å²) in [5, 5.41) is 10.6. The lowest BCUT2D eigenvalue weighted by atomic mass is 10.1. The monoisotopic (exact) mass is 368 g/mol. The maximum Gasteiger partial charge on any atom is 0.289 e. The quantitative estimate of drug-likeness (QED) is 0.517. The number of ether oxygens (including phenoxy) is 2. The van der Waals surface area contributed by atoms with Gasteiger partial charge < -0.3 is 9.47 Å². The normalized spacial score (nSPS) is 10.8. The first-order valence-electron chi connectivity index (χ1n) is 7.97. The van der Waals surface area contributed by atoms with Gasteiger partial charge >= 0.3 is 0 Å². The summed E-state index contributed by atoms with van der Waals surface area (Å²) >= 11 is 0. The molecule has 0 aliphatic heterocycles. The molecular weight excluding hydrogens is 351 g/mol. The van der Waals surface area contributed by atoms with Crippen molar-refractivity contribution in [3.05, 3.63) is 65.6 Å². The van der Waals surface area contributed by atoms with E-state index < -0.39 is 5.91 Å². The van der Waals surface area contributed by atoms with E-state index in [1.807, 2.05) is 0 Å². The van der Waals surface area contributed by atoms with E-state index in [4.69, 9.17) is 9.47 Å². The van der Waals surface area contributed by atoms with Crippen molar-refractivity contribution in [2.24, 2.45) is 5.10 Å². The third-order valence-corrected chi connectivity index (χ3v) is 3.73. The van der Waals surface area contributed by atoms with E-state index in [9.17, 15) is 9.18 Å². The number of hydrogen-bond donors (Lipinski definition) is 2. The van der Waals surface area contributed by atoms with Crippen LogP contribution in [0.1, 0.15) is 16.1 Å². The van der Waals surface area contributed by atoms with Crippen molar-refractivity contribution in [3.8, 4) is 22.8 Å². The highest BCUT2D eigenvalue weighted by molar-refractivity contribution is 5.94. The number of nitrogens with zero attached hydrogens (tertiary/aromatic N) is 2. The summed E-state index contributed by atoms with van der Waals surface area (Å²) in [7, 11) is 3.11. The molecule has 2 N–H and O–H groups in total. The van der Waals surface area contributed by atoms with E-state index in [0.29, 0.717) is 28.3 Å². The molecule has 0 aliphatic rings. The minimum Gasteiger partial charge on any atom is -0.497 e. The Morgan fingerprint density at radius 2 is 2.04 bits per heavy atom. The van der Waals surface area contributed by atoms with Crippen molar-refractivity contribution >= 4 is 12.1 Å². The van der Waals surface area contributed by atoms with Crippen molar-refractivity contribution in [2.45, 2.75) is 0 Å². The van der Waals surface area contributed by atoms with Gasteiger partial charge in [-0.25, -0.2) is 9.82 Å². The molecule has 0 saturated heterocycles. The fraction of sp³-hybridized carbons (Fsp3) is 0.105. The van der Waals surface area contributed by atoms with Gasteiger partial charge in [-0.05, 0) is 42.0 Å². The standard InChI is InChI=1S/C19H17FN4O3/c1-26-14-6-7-18(27-2)15(9-14)16-10-17(23-22-16)19(25)24-21-11-12-4-3-5-13(20)8-12/h3-11H,1-2H3,(H,22,23)(H,24,25). The Kier molecular flexibility index (Phi) is 5.46. The Balaban J connectivity index is 1.74. The number of halogens is 1. The third kappa shape index (κ3) is 4.30. The van der Waals surface area contributed by atoms with Gasteiger partial charge in [0.25, 0.3) is 5.91 Å². The molecule has 0 aliphatic carbocycles. The lowest BCUT2D eigenvalue weighted by Gasteiger charge is -2.08. The van der Waals surface area contributed by atoms with Gasteiger partial charge in [-0.1, -0.05) is 12.1 Å². The predicted molar refractivity (Wildman–Crippen MR) is 98.6 cm³/mol. The van der Waals surface area contributed by atoms with E-state index >= 15 is 0 Å². The Labute approximate surface area is 154 Å². The van der Waals surface area contributed by atoms with E-state index in [1.54, 1.807) is 50.6 Å². The van der Waals surface area contributed by atoms with Crippen LogP contribution < -0.4 is 14.9 Å². The fourth-order valence-corrected chi connectivity index (χ4v) is 2.40. The van der Waals surface area contributed by atoms with E-state index in [1.165, 1.54) is 18.3 Å². The highest BCUT2D eigenvalue weighted by Gasteiger charge is 2.14. The second kappa shape index (κ2) is 8.13. The molecular formula is C19H17FN4O3. The van der Waals surface area contributed by atoms with Crippen LogP contribution >= 0.6 is 0 Å². The SMILES string of the molecule is COc1ccc(OC)c(-c2cc(C(=O)NN=Cc3cccc(F)c3)[nH]n2)c1. The van der Waals surface area contributed by atoms with Gasteiger partial charge in [0.2, 0.25) is 0 Å². The van der Waals surface area contributed by atoms with Gasteiger partial charge in [0, 0.05) is 5.56 Å². The van der Waals surface area contributed by atoms with Crippen LogP contribution in [0.3, 0.4) is 0 Å². The number of hydrogen-bond acceptors (Lipinski definition) is 5. The first-order valence-corrected chi connectivity index (χ1v) is 7.97. The van der Waals surface area contributed by atoms with Crippen LogP contribution in [-0.2, 0) is 0 Å². The number of rotatable bonds is 6. The number of amides is 1. The molecule has 8 heteroatoms. The number of carbonyl (C=O) groups is 1. The number of hydrazone groups is 1. The van der Waals surface area contributed by atoms with Crippen LogP contribution in [0.4, 0.5) is 4.39 Å². The van der Waals surface area contributed by atoms with E-state index in [0.717, 1.165) is 0 Å². The molecule has 27 heavy (non-hydrogen) atoms. The van der Waals surface area contributed by atoms with Gasteiger partial charge in [0.05, 0.1) is 26.1 Å². The van der Waals surface area contributed by atoms with Crippen molar-refractivity contribution in [2.75, 3.05) is 14.2 Å². The molecule has 2 aromatic carbocycles. The Morgan fingerprint density at radius 3 is 2.78 bits per heavy atom. The topological polar surface area (TPSA) is 88.6 Å². The zero-order valence-corrected chi connectivity index (χ0v) is 14.7. The number of aromatic nitrogens is 2. The maximum atomic E-state index is 13.1. The third-order valence-electron chi connectivity index (χ3n) is 3.73. The Bertz CT molecular complexity index is 985. The molecule has 1 aromatic heterocycles. The van der Waals surface area contributed by atoms with Crippen molar-refractivity contribution in [1.29, 1.82) is 0 Å². The number of carbonyl (C=O) groups excluding carboxylic acids is 1. The Morgan fingerprint density at radius 1 is 1.19 bits per heavy atom. The van der Waals surface area contributed by atoms with Crippen molar-refractivity contribution < 1.29 is 18.7 Å². The zero-order valence-electron chi connectivity index (χ0n) is 14.7. The van der Waals surface area contributed by atoms with Crippen LogP contribution in [0, 0.1) is 5.82 Å². The first kappa shape index (κ1) is 18.1. The summed E-state index contributed by atoms with van der Waals surface area (Å²) in [5.74, 6) is 0.372. The molecule has 0 saturated carbocycles. The highest BCUT2D eigenvalue weighted by Crippen LogP contribution is 2.32. The molecule has 0 bridgehead atoms. The second-order valence-electron chi connectivity index (χ2n) is 5.49. The summed E-state index contributed by atoms with van der Waals surface area (Å²) in [4.78, 5) is 12.2. The van der Waals surface area contributed by atoms with Crippen LogP contribution in [0.5, 0.6) is 11.5 Å². The highest BCUT2D eigenvalue weighted by atomic mass is 19.1. The molecule has 0 atom stereocenters. The number of aromatic amines is 1. The van der Waals surface area contributed by atoms with Crippen LogP contribution in [-0.4, -0.2) is 36.5 Å². The zero-order chi connectivity index (χ0) is 19.2. The second-order valence-corrected chi connectivity index (χ2v) is 5.49. The average Bonchev–Trinajstić information content (AvgIpc) is 3.17. The van der Waals surface area contributed by atoms with Crippen LogP contribution in [0.2, 0.25) is 0 Å². The number of nitrogens with one attached hydrogen (secondary N) is 2. The summed E-state index contributed by atoms with van der Waals surface area (Å²) in [5.41, 5.74) is 4.30. The Hall–Kier alpha value is -3.68. The van der Waals surface area contributed by atoms with Gasteiger partial charge in [-0.15, -0.1) is 0 Å². The van der Waals surface area contributed by atoms with Gasteiger partial charge in [0.1, 0.15) is 23.0 Å². The van der Waals surface area contributed by atoms with Crippen molar-refractivity contribution in [3.63, 3.8) is 0 Å². The van der Waals surface area contributed by atoms with E-state index in [2.05, 4.69) is 20.7 Å². The van der Waals surface area contributed by atoms with Crippen LogP contribution in [0.15, 0.2) is 53.6 Å². The molecule has 138 valence electrons. The average molecular weight is 368 g/mol. The largest absolute Gasteiger partial charge is 0.497 e. The number of methoxy groups -OCH3 is 2. The lowest BCUT2D eigenvalue weighted by Crippen LogP contribution is -2.18. The van der Waals surface area contributed by atoms with E-state index in [-0.39, 0.29) is 11.5 Å². The minimum atomic E-state index is -0.483. The minimum absolute atomic E-state index is 0.214. The summed E-state index contributed by atoms with van der Waals surface area (Å²) in [6.07, 6.45) is 1.35. The molecule has 1 heterocycles. The molecule has 7 nitrogen and oxygen atoms in total. The number of H-pyrrole nitrogens is 1. The lowest BCUT2D eigenvalue weighted by molar-refractivity contribution is 0.0950. The molecule has 0 unspecified atom stereocenters. The maximum absolute atomic E-state index is 13.1. The molecule has 0 radical (unpaired) electrons. The van der Waals surface area contributed by atoms with Crippen molar-refractivity contribution in [1.82, 2.24) is 15.6 Å². The summed E-state index contributed by atoms with van der Waals surface area (Å²) in [6, 6.07) is 12.7. The molecule has 0 spiro atoms. The van der Waals surface area contributed by atoms with Gasteiger partial charge in [-0.2, -0.15) is 10.2 Å².